The molecule has 1 aromatic carbocycles. The summed E-state index contributed by atoms with van der Waals surface area (Å²) in [7, 11) is 0. The van der Waals surface area contributed by atoms with Crippen molar-refractivity contribution in [2.45, 2.75) is 37.5 Å². The van der Waals surface area contributed by atoms with Crippen molar-refractivity contribution in [2.75, 3.05) is 5.75 Å². The largest absolute Gasteiger partial charge is 0.348 e. The van der Waals surface area contributed by atoms with Crippen LogP contribution in [-0.2, 0) is 0 Å². The first kappa shape index (κ1) is 14.3. The van der Waals surface area contributed by atoms with Crippen LogP contribution in [0.5, 0.6) is 0 Å². The molecule has 0 bridgehead atoms. The maximum Gasteiger partial charge on any atom is 0.254 e. The first-order valence-electron chi connectivity index (χ1n) is 6.50. The van der Waals surface area contributed by atoms with Gasteiger partial charge in [0, 0.05) is 11.3 Å². The van der Waals surface area contributed by atoms with E-state index >= 15 is 0 Å². The molecule has 1 aliphatic rings. The van der Waals surface area contributed by atoms with Gasteiger partial charge in [0.1, 0.15) is 0 Å². The number of thioether (sulfide) groups is 1. The first-order valence-corrected chi connectivity index (χ1v) is 7.54. The lowest BCUT2D eigenvalue weighted by Gasteiger charge is -2.20. The number of rotatable bonds is 4. The van der Waals surface area contributed by atoms with E-state index in [1.54, 1.807) is 0 Å². The third-order valence-electron chi connectivity index (χ3n) is 3.35. The van der Waals surface area contributed by atoms with Crippen molar-refractivity contribution < 1.29 is 13.6 Å². The lowest BCUT2D eigenvalue weighted by atomic mass is 10.1. The Morgan fingerprint density at radius 2 is 2.21 bits per heavy atom. The molecule has 1 saturated carbocycles. The van der Waals surface area contributed by atoms with Crippen molar-refractivity contribution in [1.29, 1.82) is 0 Å². The topological polar surface area (TPSA) is 29.1 Å². The van der Waals surface area contributed by atoms with E-state index in [9.17, 15) is 13.6 Å². The van der Waals surface area contributed by atoms with Gasteiger partial charge in [-0.1, -0.05) is 19.4 Å². The summed E-state index contributed by atoms with van der Waals surface area (Å²) in [5, 5.41) is 3.21. The fourth-order valence-electron chi connectivity index (χ4n) is 2.43. The van der Waals surface area contributed by atoms with E-state index in [0.29, 0.717) is 5.25 Å². The number of nitrogens with one attached hydrogen (secondary N) is 1. The third-order valence-corrected chi connectivity index (χ3v) is 4.67. The monoisotopic (exact) mass is 285 g/mol. The molecule has 0 spiro atoms. The van der Waals surface area contributed by atoms with E-state index in [-0.39, 0.29) is 11.6 Å². The van der Waals surface area contributed by atoms with Crippen molar-refractivity contribution in [1.82, 2.24) is 5.32 Å². The summed E-state index contributed by atoms with van der Waals surface area (Å²) < 4.78 is 26.6. The molecule has 1 aromatic rings. The minimum absolute atomic E-state index is 0.0557. The fraction of sp³-hybridized carbons (Fsp3) is 0.500. The molecule has 2 unspecified atom stereocenters. The molecule has 1 fully saturated rings. The molecule has 0 heterocycles. The van der Waals surface area contributed by atoms with Crippen LogP contribution in [0.3, 0.4) is 0 Å². The SMILES string of the molecule is CCSC1CCCC1NC(=O)c1cccc(F)c1F. The maximum absolute atomic E-state index is 13.5. The summed E-state index contributed by atoms with van der Waals surface area (Å²) in [5.41, 5.74) is -0.216. The highest BCUT2D eigenvalue weighted by molar-refractivity contribution is 7.99. The molecule has 104 valence electrons. The van der Waals surface area contributed by atoms with Gasteiger partial charge in [-0.05, 0) is 30.7 Å². The molecule has 2 rings (SSSR count). The molecule has 2 atom stereocenters. The zero-order valence-corrected chi connectivity index (χ0v) is 11.6. The lowest BCUT2D eigenvalue weighted by molar-refractivity contribution is 0.0933. The Labute approximate surface area is 116 Å². The summed E-state index contributed by atoms with van der Waals surface area (Å²) in [6, 6.07) is 3.72. The van der Waals surface area contributed by atoms with E-state index in [4.69, 9.17) is 0 Å². The normalized spacial score (nSPS) is 22.5. The second-order valence-electron chi connectivity index (χ2n) is 4.61. The highest BCUT2D eigenvalue weighted by Crippen LogP contribution is 2.30. The predicted octanol–water partition coefficient (Wildman–Crippen LogP) is 3.37. The van der Waals surface area contributed by atoms with E-state index < -0.39 is 17.5 Å². The molecule has 1 amide bonds. The van der Waals surface area contributed by atoms with E-state index in [0.717, 1.165) is 31.1 Å². The summed E-state index contributed by atoms with van der Waals surface area (Å²) in [6.07, 6.45) is 3.03. The van der Waals surface area contributed by atoms with Crippen molar-refractivity contribution in [2.24, 2.45) is 0 Å². The van der Waals surface area contributed by atoms with Crippen molar-refractivity contribution in [3.63, 3.8) is 0 Å². The minimum Gasteiger partial charge on any atom is -0.348 e. The molecule has 0 radical (unpaired) electrons. The van der Waals surface area contributed by atoms with Gasteiger partial charge < -0.3 is 5.32 Å². The van der Waals surface area contributed by atoms with Crippen molar-refractivity contribution in [3.8, 4) is 0 Å². The van der Waals surface area contributed by atoms with Crippen LogP contribution in [0.2, 0.25) is 0 Å². The Hall–Kier alpha value is -1.10. The van der Waals surface area contributed by atoms with Crippen LogP contribution < -0.4 is 5.32 Å². The Balaban J connectivity index is 2.06. The molecule has 1 N–H and O–H groups in total. The number of carbonyl (C=O) groups excluding carboxylic acids is 1. The van der Waals surface area contributed by atoms with Gasteiger partial charge >= 0.3 is 0 Å². The molecular formula is C14H17F2NOS. The number of benzene rings is 1. The van der Waals surface area contributed by atoms with Gasteiger partial charge in [-0.25, -0.2) is 8.78 Å². The number of amides is 1. The molecule has 0 aromatic heterocycles. The van der Waals surface area contributed by atoms with Gasteiger partial charge in [0.15, 0.2) is 11.6 Å². The van der Waals surface area contributed by atoms with Gasteiger partial charge in [0.05, 0.1) is 5.56 Å². The first-order chi connectivity index (χ1) is 9.13. The van der Waals surface area contributed by atoms with Crippen molar-refractivity contribution in [3.05, 3.63) is 35.4 Å². The van der Waals surface area contributed by atoms with Crippen LogP contribution in [0.4, 0.5) is 8.78 Å². The maximum atomic E-state index is 13.5. The van der Waals surface area contributed by atoms with Crippen LogP contribution in [0.1, 0.15) is 36.5 Å². The summed E-state index contributed by atoms with van der Waals surface area (Å²) in [4.78, 5) is 12.0. The molecule has 0 aliphatic heterocycles. The number of carbonyl (C=O) groups is 1. The summed E-state index contributed by atoms with van der Waals surface area (Å²) >= 11 is 1.81. The number of hydrogen-bond donors (Lipinski definition) is 1. The van der Waals surface area contributed by atoms with Gasteiger partial charge in [0.25, 0.3) is 5.91 Å². The Kier molecular flexibility index (Phi) is 4.80. The lowest BCUT2D eigenvalue weighted by Crippen LogP contribution is -2.39. The van der Waals surface area contributed by atoms with E-state index in [1.807, 2.05) is 11.8 Å². The smallest absolute Gasteiger partial charge is 0.254 e. The second-order valence-corrected chi connectivity index (χ2v) is 6.12. The van der Waals surface area contributed by atoms with Crippen LogP contribution in [0.15, 0.2) is 18.2 Å². The van der Waals surface area contributed by atoms with Crippen molar-refractivity contribution >= 4 is 17.7 Å². The zero-order valence-electron chi connectivity index (χ0n) is 10.8. The standard InChI is InChI=1S/C14H17F2NOS/c1-2-19-12-8-4-7-11(12)17-14(18)9-5-3-6-10(15)13(9)16/h3,5-6,11-12H,2,4,7-8H2,1H3,(H,17,18). The molecule has 2 nitrogen and oxygen atoms in total. The fourth-order valence-corrected chi connectivity index (χ4v) is 3.63. The van der Waals surface area contributed by atoms with E-state index in [1.165, 1.54) is 12.1 Å². The minimum atomic E-state index is -1.07. The number of hydrogen-bond acceptors (Lipinski definition) is 2. The summed E-state index contributed by atoms with van der Waals surface area (Å²) in [5.74, 6) is -1.59. The van der Waals surface area contributed by atoms with Crippen LogP contribution in [0.25, 0.3) is 0 Å². The van der Waals surface area contributed by atoms with Gasteiger partial charge in [-0.15, -0.1) is 0 Å². The third kappa shape index (κ3) is 3.26. The second kappa shape index (κ2) is 6.37. The van der Waals surface area contributed by atoms with Crippen LogP contribution >= 0.6 is 11.8 Å². The highest BCUT2D eigenvalue weighted by atomic mass is 32.2. The molecular weight excluding hydrogens is 268 g/mol. The van der Waals surface area contributed by atoms with Gasteiger partial charge in [0.2, 0.25) is 0 Å². The Morgan fingerprint density at radius 1 is 1.42 bits per heavy atom. The average molecular weight is 285 g/mol. The molecule has 0 saturated heterocycles. The van der Waals surface area contributed by atoms with Gasteiger partial charge in [-0.2, -0.15) is 11.8 Å². The zero-order chi connectivity index (χ0) is 13.8. The number of halogens is 2. The summed E-state index contributed by atoms with van der Waals surface area (Å²) in [6.45, 7) is 2.08. The average Bonchev–Trinajstić information content (AvgIpc) is 2.80. The Morgan fingerprint density at radius 3 is 2.95 bits per heavy atom. The van der Waals surface area contributed by atoms with E-state index in [2.05, 4.69) is 12.2 Å². The Bertz CT molecular complexity index is 467. The molecule has 19 heavy (non-hydrogen) atoms. The highest BCUT2D eigenvalue weighted by Gasteiger charge is 2.29. The van der Waals surface area contributed by atoms with Gasteiger partial charge in [-0.3, -0.25) is 4.79 Å². The van der Waals surface area contributed by atoms with Crippen LogP contribution in [-0.4, -0.2) is 23.0 Å². The quantitative estimate of drug-likeness (QED) is 0.919. The molecule has 1 aliphatic carbocycles. The van der Waals surface area contributed by atoms with Crippen LogP contribution in [0, 0.1) is 11.6 Å². The predicted molar refractivity (Wildman–Crippen MR) is 73.4 cm³/mol. The molecule has 5 heteroatoms.